The maximum Gasteiger partial charge on any atom is 0.408 e. The largest absolute Gasteiger partial charge is 0.408 e. The second-order valence-corrected chi connectivity index (χ2v) is 7.11. The Balaban J connectivity index is 2.43. The summed E-state index contributed by atoms with van der Waals surface area (Å²) in [5.41, 5.74) is -0.792. The van der Waals surface area contributed by atoms with E-state index in [0.717, 1.165) is 35.0 Å². The highest BCUT2D eigenvalue weighted by Gasteiger charge is 2.43. The van der Waals surface area contributed by atoms with Crippen LogP contribution in [0.5, 0.6) is 0 Å². The Labute approximate surface area is 140 Å². The van der Waals surface area contributed by atoms with Gasteiger partial charge < -0.3 is 4.57 Å². The van der Waals surface area contributed by atoms with E-state index in [-0.39, 0.29) is 10.6 Å². The monoisotopic (exact) mass is 380 g/mol. The minimum Gasteiger partial charge on any atom is -0.317 e. The lowest BCUT2D eigenvalue weighted by molar-refractivity contribution is -0.153. The third-order valence-electron chi connectivity index (χ3n) is 3.17. The van der Waals surface area contributed by atoms with Crippen LogP contribution in [-0.2, 0) is 17.1 Å². The first kappa shape index (κ1) is 18.5. The first-order chi connectivity index (χ1) is 11.0. The van der Waals surface area contributed by atoms with Gasteiger partial charge in [-0.3, -0.25) is 4.79 Å². The summed E-state index contributed by atoms with van der Waals surface area (Å²) < 4.78 is 66.9. The summed E-state index contributed by atoms with van der Waals surface area (Å²) in [5.74, 6) is 0. The molecule has 0 saturated heterocycles. The van der Waals surface area contributed by atoms with Crippen LogP contribution in [0.25, 0.3) is 0 Å². The van der Waals surface area contributed by atoms with E-state index in [0.29, 0.717) is 0 Å². The van der Waals surface area contributed by atoms with Crippen molar-refractivity contribution in [2.75, 3.05) is 0 Å². The molecule has 1 heterocycles. The number of halogens is 4. The Morgan fingerprint density at radius 3 is 2.21 bits per heavy atom. The zero-order valence-electron chi connectivity index (χ0n) is 12.2. The van der Waals surface area contributed by atoms with Gasteiger partial charge in [-0.25, -0.2) is 8.42 Å². The molecule has 0 aliphatic rings. The number of aromatic nitrogens is 1. The SMILES string of the molecule is Cn1cc(S(=O)(=O)NC(c2ccc(Cl)cc2)C(F)(F)F)ccc1=O. The van der Waals surface area contributed by atoms with Crippen LogP contribution in [0.1, 0.15) is 11.6 Å². The fraction of sp³-hybridized carbons (Fsp3) is 0.214. The Hall–Kier alpha value is -1.84. The van der Waals surface area contributed by atoms with Gasteiger partial charge in [0.05, 0.1) is 4.90 Å². The van der Waals surface area contributed by atoms with Crippen molar-refractivity contribution in [3.8, 4) is 0 Å². The fourth-order valence-corrected chi connectivity index (χ4v) is 3.32. The normalized spacial score (nSPS) is 13.7. The number of benzene rings is 1. The van der Waals surface area contributed by atoms with Crippen molar-refractivity contribution in [2.24, 2.45) is 7.05 Å². The van der Waals surface area contributed by atoms with Crippen molar-refractivity contribution in [3.05, 3.63) is 63.5 Å². The minimum absolute atomic E-state index is 0.223. The Bertz CT molecular complexity index is 893. The number of hydrogen-bond donors (Lipinski definition) is 1. The number of pyridine rings is 1. The summed E-state index contributed by atoms with van der Waals surface area (Å²) >= 11 is 5.64. The quantitative estimate of drug-likeness (QED) is 0.886. The maximum absolute atomic E-state index is 13.3. The van der Waals surface area contributed by atoms with Gasteiger partial charge in [0.25, 0.3) is 0 Å². The molecule has 0 fully saturated rings. The van der Waals surface area contributed by atoms with E-state index in [1.54, 1.807) is 4.72 Å². The average molecular weight is 381 g/mol. The molecule has 24 heavy (non-hydrogen) atoms. The van der Waals surface area contributed by atoms with Gasteiger partial charge in [0.1, 0.15) is 6.04 Å². The standard InChI is InChI=1S/C14H12ClF3N2O3S/c1-20-8-11(6-7-12(20)21)24(22,23)19-13(14(16,17)18)9-2-4-10(15)5-3-9/h2-8,13,19H,1H3. The number of rotatable bonds is 4. The lowest BCUT2D eigenvalue weighted by atomic mass is 10.1. The molecule has 0 spiro atoms. The van der Waals surface area contributed by atoms with Crippen molar-refractivity contribution in [1.82, 2.24) is 9.29 Å². The van der Waals surface area contributed by atoms with Crippen LogP contribution in [-0.4, -0.2) is 19.2 Å². The lowest BCUT2D eigenvalue weighted by Gasteiger charge is -2.22. The smallest absolute Gasteiger partial charge is 0.317 e. The predicted molar refractivity (Wildman–Crippen MR) is 82.3 cm³/mol. The molecule has 0 aliphatic carbocycles. The van der Waals surface area contributed by atoms with Gasteiger partial charge in [-0.05, 0) is 23.8 Å². The number of hydrogen-bond acceptors (Lipinski definition) is 3. The molecule has 0 radical (unpaired) electrons. The Morgan fingerprint density at radius 1 is 1.12 bits per heavy atom. The first-order valence-electron chi connectivity index (χ1n) is 6.52. The van der Waals surface area contributed by atoms with Gasteiger partial charge in [0.2, 0.25) is 15.6 Å². The molecule has 1 atom stereocenters. The zero-order chi connectivity index (χ0) is 18.1. The van der Waals surface area contributed by atoms with E-state index in [1.165, 1.54) is 19.2 Å². The van der Waals surface area contributed by atoms with E-state index >= 15 is 0 Å². The molecule has 2 aromatic rings. The number of aryl methyl sites for hydroxylation is 1. The number of nitrogens with one attached hydrogen (secondary N) is 1. The Kier molecular flexibility index (Phi) is 5.07. The number of sulfonamides is 1. The molecule has 1 aromatic carbocycles. The molecule has 0 saturated carbocycles. The third kappa shape index (κ3) is 4.16. The highest BCUT2D eigenvalue weighted by Crippen LogP contribution is 2.34. The molecule has 1 aromatic heterocycles. The summed E-state index contributed by atoms with van der Waals surface area (Å²) in [6.07, 6.45) is -3.92. The van der Waals surface area contributed by atoms with Crippen molar-refractivity contribution in [3.63, 3.8) is 0 Å². The predicted octanol–water partition coefficient (Wildman–Crippen LogP) is 2.62. The molecular formula is C14H12ClF3N2O3S. The Morgan fingerprint density at radius 2 is 1.71 bits per heavy atom. The molecule has 2 rings (SSSR count). The van der Waals surface area contributed by atoms with Crippen LogP contribution in [0.3, 0.4) is 0 Å². The highest BCUT2D eigenvalue weighted by atomic mass is 35.5. The molecule has 10 heteroatoms. The van der Waals surface area contributed by atoms with Gasteiger partial charge in [-0.15, -0.1) is 0 Å². The molecule has 0 bridgehead atoms. The summed E-state index contributed by atoms with van der Waals surface area (Å²) in [7, 11) is -3.21. The van der Waals surface area contributed by atoms with Crippen LogP contribution < -0.4 is 10.3 Å². The molecule has 1 unspecified atom stereocenters. The molecule has 5 nitrogen and oxygen atoms in total. The lowest BCUT2D eigenvalue weighted by Crippen LogP contribution is -2.38. The van der Waals surface area contributed by atoms with Crippen molar-refractivity contribution in [2.45, 2.75) is 17.1 Å². The molecule has 130 valence electrons. The molecular weight excluding hydrogens is 369 g/mol. The maximum atomic E-state index is 13.3. The zero-order valence-corrected chi connectivity index (χ0v) is 13.8. The second-order valence-electron chi connectivity index (χ2n) is 4.96. The van der Waals surface area contributed by atoms with Crippen molar-refractivity contribution in [1.29, 1.82) is 0 Å². The van der Waals surface area contributed by atoms with Crippen molar-refractivity contribution < 1.29 is 21.6 Å². The van der Waals surface area contributed by atoms with Crippen molar-refractivity contribution >= 4 is 21.6 Å². The van der Waals surface area contributed by atoms with E-state index in [9.17, 15) is 26.4 Å². The molecule has 0 amide bonds. The van der Waals surface area contributed by atoms with E-state index in [1.807, 2.05) is 0 Å². The van der Waals surface area contributed by atoms with Crippen LogP contribution in [0, 0.1) is 0 Å². The first-order valence-corrected chi connectivity index (χ1v) is 8.38. The molecule has 0 aliphatic heterocycles. The fourth-order valence-electron chi connectivity index (χ4n) is 1.93. The van der Waals surface area contributed by atoms with E-state index < -0.39 is 32.7 Å². The van der Waals surface area contributed by atoms with Gasteiger partial charge in [0.15, 0.2) is 0 Å². The summed E-state index contributed by atoms with van der Waals surface area (Å²) in [6, 6.07) is 4.09. The summed E-state index contributed by atoms with van der Waals surface area (Å²) in [5, 5.41) is 0.223. The average Bonchev–Trinajstić information content (AvgIpc) is 2.47. The third-order valence-corrected chi connectivity index (χ3v) is 4.83. The van der Waals surface area contributed by atoms with Gasteiger partial charge in [-0.1, -0.05) is 23.7 Å². The number of alkyl halides is 3. The minimum atomic E-state index is -4.86. The topological polar surface area (TPSA) is 68.2 Å². The van der Waals surface area contributed by atoms with Crippen LogP contribution >= 0.6 is 11.6 Å². The highest BCUT2D eigenvalue weighted by molar-refractivity contribution is 7.89. The second kappa shape index (κ2) is 6.58. The molecule has 1 N–H and O–H groups in total. The summed E-state index contributed by atoms with van der Waals surface area (Å²) in [6.45, 7) is 0. The van der Waals surface area contributed by atoms with Crippen LogP contribution in [0.4, 0.5) is 13.2 Å². The van der Waals surface area contributed by atoms with Crippen LogP contribution in [0.2, 0.25) is 5.02 Å². The summed E-state index contributed by atoms with van der Waals surface area (Å²) in [4.78, 5) is 10.8. The van der Waals surface area contributed by atoms with E-state index in [2.05, 4.69) is 0 Å². The van der Waals surface area contributed by atoms with E-state index in [4.69, 9.17) is 11.6 Å². The van der Waals surface area contributed by atoms with Gasteiger partial charge in [-0.2, -0.15) is 17.9 Å². The van der Waals surface area contributed by atoms with Gasteiger partial charge >= 0.3 is 6.18 Å². The van der Waals surface area contributed by atoms with Crippen LogP contribution in [0.15, 0.2) is 52.3 Å². The van der Waals surface area contributed by atoms with Gasteiger partial charge in [0, 0.05) is 24.3 Å². The number of nitrogens with zero attached hydrogens (tertiary/aromatic N) is 1.